The van der Waals surface area contributed by atoms with Gasteiger partial charge < -0.3 is 5.32 Å². The predicted molar refractivity (Wildman–Crippen MR) is 122 cm³/mol. The third-order valence-electron chi connectivity index (χ3n) is 6.43. The first-order chi connectivity index (χ1) is 14.5. The Morgan fingerprint density at radius 2 is 1.77 bits per heavy atom. The number of rotatable bonds is 6. The minimum Gasteiger partial charge on any atom is -0.353 e. The van der Waals surface area contributed by atoms with Crippen molar-refractivity contribution in [2.45, 2.75) is 58.7 Å². The van der Waals surface area contributed by atoms with Crippen molar-refractivity contribution >= 4 is 17.2 Å². The van der Waals surface area contributed by atoms with Gasteiger partial charge in [0.2, 0.25) is 5.91 Å². The highest BCUT2D eigenvalue weighted by molar-refractivity contribution is 7.09. The van der Waals surface area contributed by atoms with Gasteiger partial charge in [-0.2, -0.15) is 0 Å². The van der Waals surface area contributed by atoms with Gasteiger partial charge in [-0.25, -0.2) is 4.98 Å². The van der Waals surface area contributed by atoms with Crippen LogP contribution in [0.3, 0.4) is 0 Å². The summed E-state index contributed by atoms with van der Waals surface area (Å²) in [5, 5.41) is 6.64. The number of aromatic nitrogens is 1. The third-order valence-corrected chi connectivity index (χ3v) is 7.26. The van der Waals surface area contributed by atoms with Crippen LogP contribution in [0.1, 0.15) is 47.5 Å². The second kappa shape index (κ2) is 10.0. The van der Waals surface area contributed by atoms with Crippen molar-refractivity contribution in [3.63, 3.8) is 0 Å². The lowest BCUT2D eigenvalue weighted by molar-refractivity contribution is -0.127. The Morgan fingerprint density at radius 1 is 1.07 bits per heavy atom. The van der Waals surface area contributed by atoms with Gasteiger partial charge >= 0.3 is 0 Å². The number of nitrogens with one attached hydrogen (secondary N) is 1. The van der Waals surface area contributed by atoms with Crippen molar-refractivity contribution in [1.29, 1.82) is 0 Å². The van der Waals surface area contributed by atoms with Gasteiger partial charge in [-0.1, -0.05) is 29.8 Å². The molecule has 5 nitrogen and oxygen atoms in total. The Hall–Kier alpha value is -1.76. The topological polar surface area (TPSA) is 48.5 Å². The van der Waals surface area contributed by atoms with Gasteiger partial charge in [0.05, 0.1) is 10.7 Å². The van der Waals surface area contributed by atoms with Crippen LogP contribution in [0.15, 0.2) is 29.6 Å². The summed E-state index contributed by atoms with van der Waals surface area (Å²) in [6, 6.07) is 9.11. The van der Waals surface area contributed by atoms with Gasteiger partial charge in [0.1, 0.15) is 0 Å². The molecule has 2 aliphatic heterocycles. The lowest BCUT2D eigenvalue weighted by Gasteiger charge is -2.35. The maximum atomic E-state index is 12.8. The molecule has 2 fully saturated rings. The molecule has 1 aromatic carbocycles. The summed E-state index contributed by atoms with van der Waals surface area (Å²) >= 11 is 1.71. The first kappa shape index (κ1) is 21.5. The highest BCUT2D eigenvalue weighted by Crippen LogP contribution is 2.21. The molecule has 0 spiro atoms. The molecule has 0 atom stereocenters. The van der Waals surface area contributed by atoms with Gasteiger partial charge in [0, 0.05) is 43.5 Å². The minimum atomic E-state index is 0.170. The van der Waals surface area contributed by atoms with Crippen LogP contribution in [0.25, 0.3) is 0 Å². The zero-order valence-electron chi connectivity index (χ0n) is 18.3. The van der Waals surface area contributed by atoms with E-state index in [-0.39, 0.29) is 11.8 Å². The smallest absolute Gasteiger partial charge is 0.223 e. The summed E-state index contributed by atoms with van der Waals surface area (Å²) in [4.78, 5) is 22.3. The fourth-order valence-corrected chi connectivity index (χ4v) is 5.29. The highest BCUT2D eigenvalue weighted by Gasteiger charge is 2.28. The summed E-state index contributed by atoms with van der Waals surface area (Å²) in [5.41, 5.74) is 3.87. The molecule has 3 heterocycles. The SMILES string of the molecule is Cc1cccc(CN2CCC(NC(=O)C3CCN(Cc4csc(C)n4)CC3)CC2)c1. The monoisotopic (exact) mass is 426 g/mol. The minimum absolute atomic E-state index is 0.170. The molecule has 1 N–H and O–H groups in total. The van der Waals surface area contributed by atoms with Crippen LogP contribution in [0.4, 0.5) is 0 Å². The molecule has 0 radical (unpaired) electrons. The van der Waals surface area contributed by atoms with Crippen LogP contribution in [-0.2, 0) is 17.9 Å². The number of aryl methyl sites for hydroxylation is 2. The Labute approximate surface area is 184 Å². The molecular formula is C24H34N4OS. The molecule has 2 aliphatic rings. The normalized spacial score (nSPS) is 19.8. The second-order valence-electron chi connectivity index (χ2n) is 8.96. The van der Waals surface area contributed by atoms with Crippen LogP contribution in [-0.4, -0.2) is 52.9 Å². The first-order valence-electron chi connectivity index (χ1n) is 11.3. The van der Waals surface area contributed by atoms with Crippen molar-refractivity contribution in [2.75, 3.05) is 26.2 Å². The number of likely N-dealkylation sites (tertiary alicyclic amines) is 2. The number of thiazole rings is 1. The van der Waals surface area contributed by atoms with E-state index in [2.05, 4.69) is 63.6 Å². The first-order valence-corrected chi connectivity index (χ1v) is 12.1. The number of amides is 1. The molecule has 0 bridgehead atoms. The average Bonchev–Trinajstić information content (AvgIpc) is 3.14. The standard InChI is InChI=1S/C24H34N4OS/c1-18-4-3-5-20(14-18)15-27-12-8-22(9-13-27)26-24(29)21-6-10-28(11-7-21)16-23-17-30-19(2)25-23/h3-5,14,17,21-22H,6-13,15-16H2,1-2H3,(H,26,29). The Bertz CT molecular complexity index is 835. The molecule has 0 saturated carbocycles. The van der Waals surface area contributed by atoms with Gasteiger partial charge in [0.25, 0.3) is 0 Å². The van der Waals surface area contributed by atoms with Crippen molar-refractivity contribution < 1.29 is 4.79 Å². The Kier molecular flexibility index (Phi) is 7.18. The van der Waals surface area contributed by atoms with E-state index in [1.165, 1.54) is 11.1 Å². The molecule has 2 saturated heterocycles. The summed E-state index contributed by atoms with van der Waals surface area (Å²) in [5.74, 6) is 0.444. The lowest BCUT2D eigenvalue weighted by atomic mass is 9.94. The van der Waals surface area contributed by atoms with Gasteiger partial charge in [-0.3, -0.25) is 14.6 Å². The van der Waals surface area contributed by atoms with Crippen molar-refractivity contribution in [2.24, 2.45) is 5.92 Å². The zero-order valence-corrected chi connectivity index (χ0v) is 19.1. The largest absolute Gasteiger partial charge is 0.353 e. The van der Waals surface area contributed by atoms with E-state index in [9.17, 15) is 4.79 Å². The number of carbonyl (C=O) groups is 1. The second-order valence-corrected chi connectivity index (χ2v) is 10.0. The molecular weight excluding hydrogens is 392 g/mol. The fraction of sp³-hybridized carbons (Fsp3) is 0.583. The van der Waals surface area contributed by atoms with Crippen molar-refractivity contribution in [1.82, 2.24) is 20.1 Å². The van der Waals surface area contributed by atoms with Crippen LogP contribution >= 0.6 is 11.3 Å². The molecule has 6 heteroatoms. The number of carbonyl (C=O) groups excluding carboxylic acids is 1. The maximum absolute atomic E-state index is 12.8. The van der Waals surface area contributed by atoms with E-state index in [1.807, 2.05) is 0 Å². The van der Waals surface area contributed by atoms with E-state index < -0.39 is 0 Å². The Balaban J connectivity index is 1.16. The van der Waals surface area contributed by atoms with Gasteiger partial charge in [-0.05, 0) is 58.2 Å². The maximum Gasteiger partial charge on any atom is 0.223 e. The van der Waals surface area contributed by atoms with Gasteiger partial charge in [0.15, 0.2) is 0 Å². The molecule has 0 unspecified atom stereocenters. The zero-order chi connectivity index (χ0) is 20.9. The molecule has 30 heavy (non-hydrogen) atoms. The molecule has 2 aromatic rings. The number of benzene rings is 1. The Morgan fingerprint density at radius 3 is 2.43 bits per heavy atom. The van der Waals surface area contributed by atoms with Crippen LogP contribution in [0, 0.1) is 19.8 Å². The molecule has 162 valence electrons. The van der Waals surface area contributed by atoms with E-state index >= 15 is 0 Å². The van der Waals surface area contributed by atoms with E-state index in [4.69, 9.17) is 0 Å². The van der Waals surface area contributed by atoms with Crippen molar-refractivity contribution in [3.8, 4) is 0 Å². The number of hydrogen-bond acceptors (Lipinski definition) is 5. The molecule has 0 aliphatic carbocycles. The third kappa shape index (κ3) is 5.90. The lowest BCUT2D eigenvalue weighted by Crippen LogP contribution is -2.47. The van der Waals surface area contributed by atoms with Gasteiger partial charge in [-0.15, -0.1) is 11.3 Å². The number of piperidine rings is 2. The van der Waals surface area contributed by atoms with E-state index in [0.29, 0.717) is 6.04 Å². The quantitative estimate of drug-likeness (QED) is 0.764. The number of hydrogen-bond donors (Lipinski definition) is 1. The molecule has 1 aromatic heterocycles. The van der Waals surface area contributed by atoms with Crippen molar-refractivity contribution in [3.05, 3.63) is 51.5 Å². The summed E-state index contributed by atoms with van der Waals surface area (Å²) in [6.07, 6.45) is 4.03. The fourth-order valence-electron chi connectivity index (χ4n) is 4.69. The van der Waals surface area contributed by atoms with Crippen LogP contribution in [0.5, 0.6) is 0 Å². The molecule has 1 amide bonds. The molecule has 4 rings (SSSR count). The van der Waals surface area contributed by atoms with Crippen LogP contribution < -0.4 is 5.32 Å². The van der Waals surface area contributed by atoms with E-state index in [1.54, 1.807) is 11.3 Å². The van der Waals surface area contributed by atoms with Crippen LogP contribution in [0.2, 0.25) is 0 Å². The number of nitrogens with zero attached hydrogens (tertiary/aromatic N) is 3. The van der Waals surface area contributed by atoms with E-state index in [0.717, 1.165) is 75.7 Å². The highest BCUT2D eigenvalue weighted by atomic mass is 32.1. The summed E-state index contributed by atoms with van der Waals surface area (Å²) in [6.45, 7) is 10.2. The summed E-state index contributed by atoms with van der Waals surface area (Å²) < 4.78 is 0. The average molecular weight is 427 g/mol. The summed E-state index contributed by atoms with van der Waals surface area (Å²) in [7, 11) is 0. The predicted octanol–water partition coefficient (Wildman–Crippen LogP) is 3.75.